The molecule has 1 atom stereocenters. The first-order valence-electron chi connectivity index (χ1n) is 10.3. The van der Waals surface area contributed by atoms with Crippen LogP contribution in [-0.4, -0.2) is 53.1 Å². The van der Waals surface area contributed by atoms with E-state index < -0.39 is 9.84 Å². The van der Waals surface area contributed by atoms with Crippen LogP contribution in [0.4, 0.5) is 0 Å². The molecular weight excluding hydrogens is 434 g/mol. The van der Waals surface area contributed by atoms with E-state index in [1.54, 1.807) is 17.0 Å². The Labute approximate surface area is 185 Å². The Hall–Kier alpha value is -2.52. The normalized spacial score (nSPS) is 18.0. The highest BCUT2D eigenvalue weighted by molar-refractivity contribution is 7.91. The SMILES string of the molecule is CC(C)CN(C(=O)Cn1nc(-c2cccs2)c2ccccc2c1=O)C1CCS(=O)(=O)C1. The summed E-state index contributed by atoms with van der Waals surface area (Å²) in [6.07, 6.45) is 0.432. The minimum absolute atomic E-state index is 0.0219. The van der Waals surface area contributed by atoms with Gasteiger partial charge in [0.1, 0.15) is 12.2 Å². The zero-order valence-corrected chi connectivity index (χ0v) is 19.2. The van der Waals surface area contributed by atoms with Gasteiger partial charge in [0.15, 0.2) is 9.84 Å². The number of carbonyl (C=O) groups is 1. The maximum atomic E-state index is 13.3. The molecule has 1 amide bonds. The molecule has 7 nitrogen and oxygen atoms in total. The summed E-state index contributed by atoms with van der Waals surface area (Å²) in [6, 6.07) is 10.8. The number of amides is 1. The molecule has 1 saturated heterocycles. The number of hydrogen-bond donors (Lipinski definition) is 0. The lowest BCUT2D eigenvalue weighted by Gasteiger charge is -2.30. The van der Waals surface area contributed by atoms with Crippen molar-refractivity contribution >= 4 is 37.9 Å². The summed E-state index contributed by atoms with van der Waals surface area (Å²) >= 11 is 1.52. The van der Waals surface area contributed by atoms with Crippen LogP contribution in [0, 0.1) is 5.92 Å². The van der Waals surface area contributed by atoms with Crippen molar-refractivity contribution < 1.29 is 13.2 Å². The number of hydrogen-bond acceptors (Lipinski definition) is 6. The van der Waals surface area contributed by atoms with Crippen LogP contribution in [0.25, 0.3) is 21.3 Å². The number of rotatable bonds is 6. The maximum absolute atomic E-state index is 13.3. The number of benzene rings is 1. The van der Waals surface area contributed by atoms with Gasteiger partial charge in [0, 0.05) is 18.0 Å². The van der Waals surface area contributed by atoms with Crippen LogP contribution in [0.2, 0.25) is 0 Å². The van der Waals surface area contributed by atoms with E-state index in [1.807, 2.05) is 43.5 Å². The monoisotopic (exact) mass is 459 g/mol. The molecule has 9 heteroatoms. The Bertz CT molecular complexity index is 1260. The molecule has 1 aliphatic heterocycles. The van der Waals surface area contributed by atoms with Crippen LogP contribution >= 0.6 is 11.3 Å². The quantitative estimate of drug-likeness (QED) is 0.566. The lowest BCUT2D eigenvalue weighted by Crippen LogP contribution is -2.46. The van der Waals surface area contributed by atoms with Crippen molar-refractivity contribution in [3.63, 3.8) is 0 Å². The Kier molecular flexibility index (Phi) is 5.98. The first kappa shape index (κ1) is 21.7. The molecular formula is C22H25N3O4S2. The topological polar surface area (TPSA) is 89.3 Å². The highest BCUT2D eigenvalue weighted by Gasteiger charge is 2.35. The summed E-state index contributed by atoms with van der Waals surface area (Å²) in [6.45, 7) is 4.20. The molecule has 2 aromatic heterocycles. The highest BCUT2D eigenvalue weighted by Crippen LogP contribution is 2.28. The van der Waals surface area contributed by atoms with Gasteiger partial charge in [-0.2, -0.15) is 5.10 Å². The third-order valence-electron chi connectivity index (χ3n) is 5.44. The van der Waals surface area contributed by atoms with Gasteiger partial charge >= 0.3 is 0 Å². The van der Waals surface area contributed by atoms with Gasteiger partial charge in [0.25, 0.3) is 5.56 Å². The molecule has 0 saturated carbocycles. The summed E-state index contributed by atoms with van der Waals surface area (Å²) in [4.78, 5) is 28.9. The fraction of sp³-hybridized carbons (Fsp3) is 0.409. The van der Waals surface area contributed by atoms with Crippen LogP contribution in [0.15, 0.2) is 46.6 Å². The number of nitrogens with zero attached hydrogens (tertiary/aromatic N) is 3. The standard InChI is InChI=1S/C22H25N3O4S2/c1-15(2)12-24(16-9-11-31(28,29)14-16)20(26)13-25-22(27)18-7-4-3-6-17(18)21(23-25)19-8-5-10-30-19/h3-8,10,15-16H,9,11-14H2,1-2H3. The van der Waals surface area contributed by atoms with Gasteiger partial charge in [-0.05, 0) is 29.9 Å². The molecule has 1 aromatic carbocycles. The molecule has 3 heterocycles. The number of aromatic nitrogens is 2. The van der Waals surface area contributed by atoms with Gasteiger partial charge in [0.05, 0.1) is 21.8 Å². The van der Waals surface area contributed by atoms with Crippen molar-refractivity contribution in [3.8, 4) is 10.6 Å². The van der Waals surface area contributed by atoms with Crippen molar-refractivity contribution in [2.24, 2.45) is 5.92 Å². The Morgan fingerprint density at radius 2 is 1.97 bits per heavy atom. The summed E-state index contributed by atoms with van der Waals surface area (Å²) in [7, 11) is -3.13. The average Bonchev–Trinajstić information content (AvgIpc) is 3.37. The van der Waals surface area contributed by atoms with E-state index in [-0.39, 0.29) is 41.5 Å². The molecule has 0 spiro atoms. The van der Waals surface area contributed by atoms with Crippen LogP contribution in [-0.2, 0) is 21.2 Å². The van der Waals surface area contributed by atoms with E-state index in [2.05, 4.69) is 5.10 Å². The molecule has 164 valence electrons. The second-order valence-corrected chi connectivity index (χ2v) is 11.5. The number of carbonyl (C=O) groups excluding carboxylic acids is 1. The lowest BCUT2D eigenvalue weighted by atomic mass is 10.1. The maximum Gasteiger partial charge on any atom is 0.275 e. The fourth-order valence-electron chi connectivity index (χ4n) is 4.03. The molecule has 1 unspecified atom stereocenters. The molecule has 0 bridgehead atoms. The predicted molar refractivity (Wildman–Crippen MR) is 123 cm³/mol. The van der Waals surface area contributed by atoms with E-state index in [9.17, 15) is 18.0 Å². The average molecular weight is 460 g/mol. The summed E-state index contributed by atoms with van der Waals surface area (Å²) in [5.41, 5.74) is 0.338. The van der Waals surface area contributed by atoms with Crippen LogP contribution in [0.3, 0.4) is 0 Å². The van der Waals surface area contributed by atoms with Crippen LogP contribution in [0.1, 0.15) is 20.3 Å². The van der Waals surface area contributed by atoms with Crippen molar-refractivity contribution in [1.29, 1.82) is 0 Å². The summed E-state index contributed by atoms with van der Waals surface area (Å²) < 4.78 is 25.2. The zero-order chi connectivity index (χ0) is 22.2. The lowest BCUT2D eigenvalue weighted by molar-refractivity contribution is -0.134. The minimum atomic E-state index is -3.13. The summed E-state index contributed by atoms with van der Waals surface area (Å²) in [5.74, 6) is -0.0321. The van der Waals surface area contributed by atoms with Crippen LogP contribution < -0.4 is 5.56 Å². The van der Waals surface area contributed by atoms with Gasteiger partial charge in [0.2, 0.25) is 5.91 Å². The van der Waals surface area contributed by atoms with Crippen LogP contribution in [0.5, 0.6) is 0 Å². The second-order valence-electron chi connectivity index (χ2n) is 8.33. The Balaban J connectivity index is 1.72. The molecule has 1 aliphatic rings. The predicted octanol–water partition coefficient (Wildman–Crippen LogP) is 2.80. The molecule has 1 fully saturated rings. The van der Waals surface area contributed by atoms with Crippen molar-refractivity contribution in [3.05, 3.63) is 52.1 Å². The third kappa shape index (κ3) is 4.57. The van der Waals surface area contributed by atoms with E-state index in [0.29, 0.717) is 24.0 Å². The van der Waals surface area contributed by atoms with E-state index >= 15 is 0 Å². The van der Waals surface area contributed by atoms with E-state index in [1.165, 1.54) is 16.0 Å². The highest BCUT2D eigenvalue weighted by atomic mass is 32.2. The molecule has 4 rings (SSSR count). The second kappa shape index (κ2) is 8.55. The zero-order valence-electron chi connectivity index (χ0n) is 17.5. The van der Waals surface area contributed by atoms with E-state index in [0.717, 1.165) is 10.3 Å². The molecule has 0 aliphatic carbocycles. The van der Waals surface area contributed by atoms with Crippen molar-refractivity contribution in [2.45, 2.75) is 32.9 Å². The molecule has 0 radical (unpaired) electrons. The first-order chi connectivity index (χ1) is 14.7. The number of thiophene rings is 1. The van der Waals surface area contributed by atoms with Crippen molar-refractivity contribution in [2.75, 3.05) is 18.1 Å². The Morgan fingerprint density at radius 1 is 1.23 bits per heavy atom. The fourth-order valence-corrected chi connectivity index (χ4v) is 6.48. The number of sulfone groups is 1. The molecule has 31 heavy (non-hydrogen) atoms. The van der Waals surface area contributed by atoms with Gasteiger partial charge in [-0.3, -0.25) is 9.59 Å². The van der Waals surface area contributed by atoms with Gasteiger partial charge < -0.3 is 4.90 Å². The van der Waals surface area contributed by atoms with E-state index in [4.69, 9.17) is 0 Å². The largest absolute Gasteiger partial charge is 0.337 e. The smallest absolute Gasteiger partial charge is 0.275 e. The summed E-state index contributed by atoms with van der Waals surface area (Å²) in [5, 5.41) is 7.75. The number of fused-ring (bicyclic) bond motifs is 1. The van der Waals surface area contributed by atoms with Gasteiger partial charge in [-0.1, -0.05) is 38.1 Å². The van der Waals surface area contributed by atoms with Gasteiger partial charge in [-0.25, -0.2) is 13.1 Å². The third-order valence-corrected chi connectivity index (χ3v) is 8.07. The Morgan fingerprint density at radius 3 is 2.58 bits per heavy atom. The van der Waals surface area contributed by atoms with Crippen molar-refractivity contribution in [1.82, 2.24) is 14.7 Å². The van der Waals surface area contributed by atoms with Gasteiger partial charge in [-0.15, -0.1) is 11.3 Å². The molecule has 3 aromatic rings. The minimum Gasteiger partial charge on any atom is -0.337 e. The molecule has 0 N–H and O–H groups in total. The first-order valence-corrected chi connectivity index (χ1v) is 13.0.